The molecule has 2 aliphatic heterocycles. The predicted molar refractivity (Wildman–Crippen MR) is 84.6 cm³/mol. The van der Waals surface area contributed by atoms with E-state index in [4.69, 9.17) is 5.11 Å². The van der Waals surface area contributed by atoms with Crippen LogP contribution in [-0.4, -0.2) is 83.7 Å². The summed E-state index contributed by atoms with van der Waals surface area (Å²) in [5.74, 6) is -0.685. The minimum absolute atomic E-state index is 0.271. The van der Waals surface area contributed by atoms with Gasteiger partial charge < -0.3 is 14.9 Å². The first-order valence-corrected chi connectivity index (χ1v) is 8.48. The van der Waals surface area contributed by atoms with Crippen LogP contribution in [0.5, 0.6) is 0 Å². The lowest BCUT2D eigenvalue weighted by Crippen LogP contribution is -2.50. The molecule has 122 valence electrons. The van der Waals surface area contributed by atoms with Crippen molar-refractivity contribution in [1.82, 2.24) is 14.7 Å². The van der Waals surface area contributed by atoms with E-state index in [1.165, 1.54) is 32.4 Å². The Balaban J connectivity index is 1.73. The zero-order valence-corrected chi connectivity index (χ0v) is 13.6. The molecular weight excluding hydrogens is 266 g/mol. The van der Waals surface area contributed by atoms with Crippen LogP contribution in [0.1, 0.15) is 39.5 Å². The second kappa shape index (κ2) is 8.11. The molecule has 0 aromatic carbocycles. The van der Waals surface area contributed by atoms with E-state index in [1.807, 2.05) is 0 Å². The van der Waals surface area contributed by atoms with Gasteiger partial charge in [-0.25, -0.2) is 0 Å². The average molecular weight is 297 g/mol. The predicted octanol–water partition coefficient (Wildman–Crippen LogP) is 1.34. The van der Waals surface area contributed by atoms with E-state index in [2.05, 4.69) is 28.5 Å². The van der Waals surface area contributed by atoms with E-state index >= 15 is 0 Å². The maximum Gasteiger partial charge on any atom is 0.304 e. The molecule has 21 heavy (non-hydrogen) atoms. The molecule has 0 radical (unpaired) electrons. The van der Waals surface area contributed by atoms with Gasteiger partial charge >= 0.3 is 5.97 Å². The van der Waals surface area contributed by atoms with Crippen LogP contribution in [0.25, 0.3) is 0 Å². The number of likely N-dealkylation sites (tertiary alicyclic amines) is 1. The van der Waals surface area contributed by atoms with Crippen molar-refractivity contribution in [2.24, 2.45) is 0 Å². The molecule has 1 unspecified atom stereocenters. The number of carboxylic acids is 1. The van der Waals surface area contributed by atoms with Crippen molar-refractivity contribution in [2.45, 2.75) is 51.6 Å². The molecule has 2 rings (SSSR count). The van der Waals surface area contributed by atoms with Crippen molar-refractivity contribution in [2.75, 3.05) is 45.8 Å². The maximum atomic E-state index is 10.6. The van der Waals surface area contributed by atoms with Crippen molar-refractivity contribution in [3.8, 4) is 0 Å². The highest BCUT2D eigenvalue weighted by atomic mass is 16.4. The number of piperazine rings is 1. The zero-order valence-electron chi connectivity index (χ0n) is 13.6. The molecule has 0 amide bonds. The van der Waals surface area contributed by atoms with Gasteiger partial charge in [-0.3, -0.25) is 9.69 Å². The van der Waals surface area contributed by atoms with Crippen LogP contribution in [0.2, 0.25) is 0 Å². The molecule has 0 aliphatic carbocycles. The third-order valence-corrected chi connectivity index (χ3v) is 5.03. The Labute approximate surface area is 128 Å². The largest absolute Gasteiger partial charge is 0.481 e. The van der Waals surface area contributed by atoms with Crippen molar-refractivity contribution in [3.05, 3.63) is 0 Å². The molecule has 0 saturated carbocycles. The monoisotopic (exact) mass is 297 g/mol. The van der Waals surface area contributed by atoms with Crippen molar-refractivity contribution in [3.63, 3.8) is 0 Å². The van der Waals surface area contributed by atoms with Crippen molar-refractivity contribution in [1.29, 1.82) is 0 Å². The lowest BCUT2D eigenvalue weighted by Gasteiger charge is -2.39. The van der Waals surface area contributed by atoms with E-state index in [0.717, 1.165) is 32.2 Å². The topological polar surface area (TPSA) is 47.0 Å². The van der Waals surface area contributed by atoms with Gasteiger partial charge in [0.1, 0.15) is 0 Å². The Morgan fingerprint density at radius 2 is 1.81 bits per heavy atom. The fourth-order valence-electron chi connectivity index (χ4n) is 3.59. The van der Waals surface area contributed by atoms with E-state index in [9.17, 15) is 4.79 Å². The molecule has 2 heterocycles. The third-order valence-electron chi connectivity index (χ3n) is 5.03. The Morgan fingerprint density at radius 3 is 2.43 bits per heavy atom. The van der Waals surface area contributed by atoms with Crippen LogP contribution in [0, 0.1) is 0 Å². The summed E-state index contributed by atoms with van der Waals surface area (Å²) in [6.45, 7) is 12.0. The number of nitrogens with zero attached hydrogens (tertiary/aromatic N) is 3. The normalized spacial score (nSPS) is 26.9. The Morgan fingerprint density at radius 1 is 1.10 bits per heavy atom. The molecular formula is C16H31N3O2. The standard InChI is InChI=1S/C16H31N3O2/c1-14(2)18-7-3-4-15(5-9-18)19-12-10-17(11-13-19)8-6-16(20)21/h14-15H,3-13H2,1-2H3,(H,20,21). The number of aliphatic carboxylic acids is 1. The summed E-state index contributed by atoms with van der Waals surface area (Å²) in [5, 5.41) is 8.76. The van der Waals surface area contributed by atoms with Gasteiger partial charge in [0.25, 0.3) is 0 Å². The van der Waals surface area contributed by atoms with Crippen LogP contribution in [-0.2, 0) is 4.79 Å². The van der Waals surface area contributed by atoms with E-state index < -0.39 is 5.97 Å². The first kappa shape index (κ1) is 16.7. The number of carbonyl (C=O) groups is 1. The summed E-state index contributed by atoms with van der Waals surface area (Å²) in [6, 6.07) is 1.40. The lowest BCUT2D eigenvalue weighted by atomic mass is 10.1. The molecule has 0 aromatic rings. The van der Waals surface area contributed by atoms with Crippen molar-refractivity contribution >= 4 is 5.97 Å². The van der Waals surface area contributed by atoms with Gasteiger partial charge in [0, 0.05) is 44.8 Å². The van der Waals surface area contributed by atoms with Gasteiger partial charge in [0.05, 0.1) is 6.42 Å². The molecule has 0 aromatic heterocycles. The van der Waals surface area contributed by atoms with Crippen LogP contribution < -0.4 is 0 Å². The minimum atomic E-state index is -0.685. The van der Waals surface area contributed by atoms with E-state index in [1.54, 1.807) is 0 Å². The highest BCUT2D eigenvalue weighted by molar-refractivity contribution is 5.66. The highest BCUT2D eigenvalue weighted by Crippen LogP contribution is 2.19. The summed E-state index contributed by atoms with van der Waals surface area (Å²) < 4.78 is 0. The Hall–Kier alpha value is -0.650. The van der Waals surface area contributed by atoms with Gasteiger partial charge in [-0.2, -0.15) is 0 Å². The summed E-state index contributed by atoms with van der Waals surface area (Å²) in [4.78, 5) is 18.2. The first-order chi connectivity index (χ1) is 10.1. The number of hydrogen-bond donors (Lipinski definition) is 1. The highest BCUT2D eigenvalue weighted by Gasteiger charge is 2.26. The molecule has 0 bridgehead atoms. The van der Waals surface area contributed by atoms with E-state index in [-0.39, 0.29) is 6.42 Å². The van der Waals surface area contributed by atoms with Gasteiger partial charge in [0.15, 0.2) is 0 Å². The van der Waals surface area contributed by atoms with Crippen molar-refractivity contribution < 1.29 is 9.90 Å². The minimum Gasteiger partial charge on any atom is -0.481 e. The van der Waals surface area contributed by atoms with Crippen LogP contribution in [0.3, 0.4) is 0 Å². The fraction of sp³-hybridized carbons (Fsp3) is 0.938. The summed E-state index contributed by atoms with van der Waals surface area (Å²) in [5.41, 5.74) is 0. The molecule has 1 atom stereocenters. The molecule has 0 spiro atoms. The second-order valence-corrected chi connectivity index (χ2v) is 6.74. The number of carboxylic acid groups (broad SMARTS) is 1. The van der Waals surface area contributed by atoms with Crippen LogP contribution in [0.4, 0.5) is 0 Å². The van der Waals surface area contributed by atoms with Gasteiger partial charge in [0.2, 0.25) is 0 Å². The number of hydrogen-bond acceptors (Lipinski definition) is 4. The summed E-state index contributed by atoms with van der Waals surface area (Å²) in [6.07, 6.45) is 4.18. The molecule has 5 nitrogen and oxygen atoms in total. The second-order valence-electron chi connectivity index (χ2n) is 6.74. The molecule has 2 fully saturated rings. The van der Waals surface area contributed by atoms with Gasteiger partial charge in [-0.05, 0) is 46.2 Å². The molecule has 1 N–H and O–H groups in total. The van der Waals surface area contributed by atoms with Gasteiger partial charge in [-0.1, -0.05) is 0 Å². The summed E-state index contributed by atoms with van der Waals surface area (Å²) >= 11 is 0. The van der Waals surface area contributed by atoms with Crippen LogP contribution >= 0.6 is 0 Å². The lowest BCUT2D eigenvalue weighted by molar-refractivity contribution is -0.137. The SMILES string of the molecule is CC(C)N1CCCC(N2CCN(CCC(=O)O)CC2)CC1. The molecule has 5 heteroatoms. The first-order valence-electron chi connectivity index (χ1n) is 8.48. The number of rotatable bonds is 5. The Bertz CT molecular complexity index is 327. The quantitative estimate of drug-likeness (QED) is 0.830. The molecule has 2 saturated heterocycles. The zero-order chi connectivity index (χ0) is 15.2. The smallest absolute Gasteiger partial charge is 0.304 e. The maximum absolute atomic E-state index is 10.6. The Kier molecular flexibility index (Phi) is 6.45. The fourth-order valence-corrected chi connectivity index (χ4v) is 3.59. The van der Waals surface area contributed by atoms with Crippen LogP contribution in [0.15, 0.2) is 0 Å². The average Bonchev–Trinajstić information content (AvgIpc) is 2.71. The third kappa shape index (κ3) is 5.24. The molecule has 2 aliphatic rings. The summed E-state index contributed by atoms with van der Waals surface area (Å²) in [7, 11) is 0. The van der Waals surface area contributed by atoms with E-state index in [0.29, 0.717) is 12.6 Å². The van der Waals surface area contributed by atoms with Gasteiger partial charge in [-0.15, -0.1) is 0 Å².